The van der Waals surface area contributed by atoms with E-state index in [0.29, 0.717) is 23.3 Å². The minimum atomic E-state index is -0.590. The number of nitrogens with zero attached hydrogens (tertiary/aromatic N) is 5. The number of nitrogen functional groups attached to an aromatic ring is 1. The zero-order chi connectivity index (χ0) is 25.2. The SMILES string of the molecule is CN(Cc1ccccn1)c1ccc(Nc2cc3nc(=O)n(-c4c(Cl)cccc4Cl)c(N)c3cn2)cc1. The number of anilines is 4. The number of nitrogens with two attached hydrogens (primary N) is 1. The molecule has 3 heterocycles. The van der Waals surface area contributed by atoms with Crippen LogP contribution >= 0.6 is 23.2 Å². The lowest BCUT2D eigenvalue weighted by molar-refractivity contribution is 0.885. The van der Waals surface area contributed by atoms with Crippen molar-refractivity contribution in [1.82, 2.24) is 19.5 Å². The molecule has 10 heteroatoms. The number of hydrogen-bond donors (Lipinski definition) is 2. The Bertz CT molecular complexity index is 1590. The Morgan fingerprint density at radius 3 is 2.44 bits per heavy atom. The lowest BCUT2D eigenvalue weighted by Gasteiger charge is -2.19. The highest BCUT2D eigenvalue weighted by atomic mass is 35.5. The predicted molar refractivity (Wildman–Crippen MR) is 146 cm³/mol. The summed E-state index contributed by atoms with van der Waals surface area (Å²) in [5, 5.41) is 4.32. The molecule has 0 amide bonds. The topological polar surface area (TPSA) is 102 Å². The van der Waals surface area contributed by atoms with Gasteiger partial charge in [0.05, 0.1) is 38.9 Å². The zero-order valence-corrected chi connectivity index (χ0v) is 20.7. The molecule has 0 fully saturated rings. The van der Waals surface area contributed by atoms with Crippen molar-refractivity contribution < 1.29 is 0 Å². The molecule has 5 aromatic rings. The summed E-state index contributed by atoms with van der Waals surface area (Å²) >= 11 is 12.6. The van der Waals surface area contributed by atoms with E-state index in [1.165, 1.54) is 4.57 Å². The highest BCUT2D eigenvalue weighted by molar-refractivity contribution is 6.37. The molecule has 5 rings (SSSR count). The summed E-state index contributed by atoms with van der Waals surface area (Å²) in [6, 6.07) is 20.4. The van der Waals surface area contributed by atoms with Crippen LogP contribution in [0.5, 0.6) is 0 Å². The van der Waals surface area contributed by atoms with Gasteiger partial charge in [-0.25, -0.2) is 14.3 Å². The summed E-state index contributed by atoms with van der Waals surface area (Å²) in [6.07, 6.45) is 3.35. The monoisotopic (exact) mass is 517 g/mol. The molecule has 8 nitrogen and oxygen atoms in total. The van der Waals surface area contributed by atoms with Crippen molar-refractivity contribution >= 4 is 57.1 Å². The Morgan fingerprint density at radius 2 is 1.75 bits per heavy atom. The summed E-state index contributed by atoms with van der Waals surface area (Å²) in [6.45, 7) is 0.698. The second kappa shape index (κ2) is 9.85. The van der Waals surface area contributed by atoms with Gasteiger partial charge >= 0.3 is 5.69 Å². The molecular formula is C26H21Cl2N7O. The summed E-state index contributed by atoms with van der Waals surface area (Å²) in [7, 11) is 2.01. The van der Waals surface area contributed by atoms with Crippen molar-refractivity contribution in [3.63, 3.8) is 0 Å². The quantitative estimate of drug-likeness (QED) is 0.309. The maximum atomic E-state index is 12.9. The fraction of sp³-hybridized carbons (Fsp3) is 0.0769. The number of benzene rings is 2. The number of aromatic nitrogens is 4. The van der Waals surface area contributed by atoms with Crippen LogP contribution in [0, 0.1) is 0 Å². The third kappa shape index (κ3) is 4.68. The number of fused-ring (bicyclic) bond motifs is 1. The fourth-order valence-corrected chi connectivity index (χ4v) is 4.44. The van der Waals surface area contributed by atoms with E-state index in [1.807, 2.05) is 49.5 Å². The van der Waals surface area contributed by atoms with E-state index < -0.39 is 5.69 Å². The van der Waals surface area contributed by atoms with Crippen LogP contribution in [0.15, 0.2) is 83.9 Å². The van der Waals surface area contributed by atoms with E-state index in [1.54, 1.807) is 36.7 Å². The van der Waals surface area contributed by atoms with Crippen molar-refractivity contribution in [1.29, 1.82) is 0 Å². The maximum Gasteiger partial charge on any atom is 0.354 e. The number of hydrogen-bond acceptors (Lipinski definition) is 7. The Balaban J connectivity index is 1.39. The van der Waals surface area contributed by atoms with Crippen LogP contribution in [-0.4, -0.2) is 26.6 Å². The maximum absolute atomic E-state index is 12.9. The van der Waals surface area contributed by atoms with Crippen LogP contribution < -0.4 is 21.6 Å². The van der Waals surface area contributed by atoms with Crippen LogP contribution in [0.2, 0.25) is 10.0 Å². The van der Waals surface area contributed by atoms with Gasteiger partial charge in [-0.1, -0.05) is 35.3 Å². The minimum Gasteiger partial charge on any atom is -0.384 e. The second-order valence-corrected chi connectivity index (χ2v) is 8.94. The molecule has 0 radical (unpaired) electrons. The number of rotatable bonds is 6. The van der Waals surface area contributed by atoms with Crippen molar-refractivity contribution in [2.45, 2.75) is 6.54 Å². The zero-order valence-electron chi connectivity index (χ0n) is 19.2. The molecule has 180 valence electrons. The molecule has 36 heavy (non-hydrogen) atoms. The Hall–Kier alpha value is -4.14. The minimum absolute atomic E-state index is 0.152. The predicted octanol–water partition coefficient (Wildman–Crippen LogP) is 5.44. The van der Waals surface area contributed by atoms with Gasteiger partial charge in [0.2, 0.25) is 0 Å². The summed E-state index contributed by atoms with van der Waals surface area (Å²) in [5.74, 6) is 0.677. The first-order valence-electron chi connectivity index (χ1n) is 11.0. The summed E-state index contributed by atoms with van der Waals surface area (Å²) in [5.41, 5.74) is 9.30. The lowest BCUT2D eigenvalue weighted by Crippen LogP contribution is -2.25. The molecule has 0 bridgehead atoms. The summed E-state index contributed by atoms with van der Waals surface area (Å²) in [4.78, 5) is 28.0. The van der Waals surface area contributed by atoms with Gasteiger partial charge in [0.15, 0.2) is 0 Å². The molecule has 0 spiro atoms. The van der Waals surface area contributed by atoms with Gasteiger partial charge in [-0.2, -0.15) is 4.98 Å². The van der Waals surface area contributed by atoms with Gasteiger partial charge in [-0.05, 0) is 48.5 Å². The fourth-order valence-electron chi connectivity index (χ4n) is 3.87. The standard InChI is InChI=1S/C26H21Cl2N7O/c1-34(15-17-5-2-3-12-30-17)18-10-8-16(9-11-18)32-23-13-22-19(14-31-23)25(29)35(26(36)33-22)24-20(27)6-4-7-21(24)28/h2-14,32H,15,29H2,1H3. The molecule has 0 saturated heterocycles. The van der Waals surface area contributed by atoms with Gasteiger partial charge in [0.25, 0.3) is 0 Å². The number of pyridine rings is 2. The van der Waals surface area contributed by atoms with E-state index in [9.17, 15) is 4.79 Å². The van der Waals surface area contributed by atoms with E-state index >= 15 is 0 Å². The van der Waals surface area contributed by atoms with E-state index in [2.05, 4.69) is 25.2 Å². The first-order chi connectivity index (χ1) is 17.4. The van der Waals surface area contributed by atoms with Gasteiger partial charge in [0.1, 0.15) is 11.6 Å². The van der Waals surface area contributed by atoms with Crippen molar-refractivity contribution in [2.75, 3.05) is 23.0 Å². The molecule has 0 atom stereocenters. The molecule has 0 unspecified atom stereocenters. The molecule has 0 saturated carbocycles. The largest absolute Gasteiger partial charge is 0.384 e. The molecule has 0 aliphatic carbocycles. The van der Waals surface area contributed by atoms with E-state index in [4.69, 9.17) is 28.9 Å². The van der Waals surface area contributed by atoms with Crippen molar-refractivity contribution in [3.05, 3.63) is 105 Å². The smallest absolute Gasteiger partial charge is 0.354 e. The average molecular weight is 518 g/mol. The van der Waals surface area contributed by atoms with Crippen LogP contribution in [0.25, 0.3) is 16.6 Å². The molecule has 0 aliphatic heterocycles. The number of para-hydroxylation sites is 1. The van der Waals surface area contributed by atoms with Crippen LogP contribution in [0.4, 0.5) is 23.0 Å². The van der Waals surface area contributed by atoms with Gasteiger partial charge in [-0.15, -0.1) is 0 Å². The molecule has 0 aliphatic rings. The van der Waals surface area contributed by atoms with Gasteiger partial charge in [-0.3, -0.25) is 4.98 Å². The second-order valence-electron chi connectivity index (χ2n) is 8.12. The lowest BCUT2D eigenvalue weighted by atomic mass is 10.2. The van der Waals surface area contributed by atoms with Crippen LogP contribution in [-0.2, 0) is 6.54 Å². The van der Waals surface area contributed by atoms with Gasteiger partial charge in [0, 0.05) is 36.9 Å². The van der Waals surface area contributed by atoms with Gasteiger partial charge < -0.3 is 16.0 Å². The highest BCUT2D eigenvalue weighted by Crippen LogP contribution is 2.31. The highest BCUT2D eigenvalue weighted by Gasteiger charge is 2.16. The first kappa shape index (κ1) is 23.6. The van der Waals surface area contributed by atoms with Crippen LogP contribution in [0.3, 0.4) is 0 Å². The Kier molecular flexibility index (Phi) is 6.45. The molecule has 2 aromatic carbocycles. The normalized spacial score (nSPS) is 11.0. The van der Waals surface area contributed by atoms with E-state index in [-0.39, 0.29) is 21.6 Å². The average Bonchev–Trinajstić information content (AvgIpc) is 2.86. The molecule has 3 N–H and O–H groups in total. The van der Waals surface area contributed by atoms with Crippen LogP contribution in [0.1, 0.15) is 5.69 Å². The third-order valence-electron chi connectivity index (χ3n) is 5.67. The van der Waals surface area contributed by atoms with Crippen molar-refractivity contribution in [3.8, 4) is 5.69 Å². The Labute approximate surface area is 217 Å². The first-order valence-corrected chi connectivity index (χ1v) is 11.8. The molecular weight excluding hydrogens is 497 g/mol. The third-order valence-corrected chi connectivity index (χ3v) is 6.28. The number of halogens is 2. The van der Waals surface area contributed by atoms with Crippen molar-refractivity contribution in [2.24, 2.45) is 0 Å². The number of nitrogens with one attached hydrogen (secondary N) is 1. The Morgan fingerprint density at radius 1 is 1.00 bits per heavy atom. The summed E-state index contributed by atoms with van der Waals surface area (Å²) < 4.78 is 1.20. The molecule has 3 aromatic heterocycles. The van der Waals surface area contributed by atoms with E-state index in [0.717, 1.165) is 17.1 Å².